The molecule has 4 aliphatic heterocycles. The van der Waals surface area contributed by atoms with Crippen molar-refractivity contribution < 1.29 is 38.7 Å². The predicted octanol–water partition coefficient (Wildman–Crippen LogP) is 5.72. The fourth-order valence-corrected chi connectivity index (χ4v) is 7.75. The standard InChI is InChI=1S/C36H54O8/c1-9-29-21(2)15-16-35(43-29)19-27-18-26(42-35)14-13-23(4)31(44-34(6,7)8)22(3)11-10-12-25-20-40-32-30(37)24(5)17-28(33(38)41-27)36(25,32)39/h10-13,17,21-22,26-32,37,39H,9,14-16,18-20H2,1-8H3/b11-10+,23-13+,25-12+/t21-,22-,26+,27-,28-,29+,30+,31+,32+,35+,36+/m0/s1. The van der Waals surface area contributed by atoms with Gasteiger partial charge >= 0.3 is 5.97 Å². The van der Waals surface area contributed by atoms with Gasteiger partial charge in [-0.3, -0.25) is 4.79 Å². The quantitative estimate of drug-likeness (QED) is 0.301. The van der Waals surface area contributed by atoms with Crippen molar-refractivity contribution in [1.82, 2.24) is 0 Å². The number of esters is 1. The normalized spacial score (nSPS) is 46.6. The zero-order valence-corrected chi connectivity index (χ0v) is 27.9. The summed E-state index contributed by atoms with van der Waals surface area (Å²) in [6.07, 6.45) is 11.0. The molecular formula is C36H54O8. The minimum absolute atomic E-state index is 0.0164. The fraction of sp³-hybridized carbons (Fsp3) is 0.750. The highest BCUT2D eigenvalue weighted by Crippen LogP contribution is 2.47. The number of fused-ring (bicyclic) bond motifs is 2. The van der Waals surface area contributed by atoms with Crippen molar-refractivity contribution in [3.63, 3.8) is 0 Å². The van der Waals surface area contributed by atoms with Crippen molar-refractivity contribution in [2.24, 2.45) is 17.8 Å². The van der Waals surface area contributed by atoms with Crippen LogP contribution in [-0.2, 0) is 28.5 Å². The number of carbonyl (C=O) groups is 1. The Balaban J connectivity index is 1.56. The van der Waals surface area contributed by atoms with Crippen LogP contribution in [0.15, 0.2) is 47.1 Å². The Kier molecular flexibility index (Phi) is 9.73. The maximum absolute atomic E-state index is 14.0. The predicted molar refractivity (Wildman–Crippen MR) is 168 cm³/mol. The fourth-order valence-electron chi connectivity index (χ4n) is 7.75. The largest absolute Gasteiger partial charge is 0.462 e. The summed E-state index contributed by atoms with van der Waals surface area (Å²) in [5.41, 5.74) is 0.146. The summed E-state index contributed by atoms with van der Waals surface area (Å²) < 4.78 is 32.3. The summed E-state index contributed by atoms with van der Waals surface area (Å²) in [6, 6.07) is 0. The van der Waals surface area contributed by atoms with Gasteiger partial charge in [0.05, 0.1) is 30.5 Å². The Morgan fingerprint density at radius 3 is 2.57 bits per heavy atom. The third-order valence-electron chi connectivity index (χ3n) is 10.2. The summed E-state index contributed by atoms with van der Waals surface area (Å²) in [4.78, 5) is 14.0. The zero-order valence-electron chi connectivity index (χ0n) is 27.9. The van der Waals surface area contributed by atoms with Crippen LogP contribution in [-0.4, -0.2) is 76.4 Å². The van der Waals surface area contributed by atoms with Crippen molar-refractivity contribution >= 4 is 5.97 Å². The lowest BCUT2D eigenvalue weighted by molar-refractivity contribution is -0.335. The van der Waals surface area contributed by atoms with Crippen molar-refractivity contribution in [1.29, 1.82) is 0 Å². The van der Waals surface area contributed by atoms with Gasteiger partial charge in [-0.25, -0.2) is 0 Å². The number of rotatable bonds is 2. The first-order chi connectivity index (χ1) is 20.7. The van der Waals surface area contributed by atoms with Gasteiger partial charge in [0, 0.05) is 25.2 Å². The molecule has 4 heterocycles. The van der Waals surface area contributed by atoms with E-state index in [1.165, 1.54) is 0 Å². The van der Waals surface area contributed by atoms with E-state index in [1.54, 1.807) is 13.0 Å². The molecule has 246 valence electrons. The molecule has 8 heteroatoms. The summed E-state index contributed by atoms with van der Waals surface area (Å²) >= 11 is 0. The van der Waals surface area contributed by atoms with E-state index in [0.717, 1.165) is 24.8 Å². The molecule has 44 heavy (non-hydrogen) atoms. The average Bonchev–Trinajstić information content (AvgIpc) is 3.29. The molecular weight excluding hydrogens is 560 g/mol. The van der Waals surface area contributed by atoms with Crippen LogP contribution in [0.1, 0.15) is 93.9 Å². The first-order valence-corrected chi connectivity index (χ1v) is 16.6. The Hall–Kier alpha value is -1.81. The van der Waals surface area contributed by atoms with Gasteiger partial charge in [-0.05, 0) is 76.5 Å². The number of aliphatic hydroxyl groups is 2. The molecule has 2 N–H and O–H groups in total. The maximum Gasteiger partial charge on any atom is 0.316 e. The second-order valence-corrected chi connectivity index (χ2v) is 14.9. The maximum atomic E-state index is 14.0. The molecule has 8 nitrogen and oxygen atoms in total. The van der Waals surface area contributed by atoms with Crippen molar-refractivity contribution in [2.75, 3.05) is 6.61 Å². The van der Waals surface area contributed by atoms with Gasteiger partial charge in [0.15, 0.2) is 5.79 Å². The van der Waals surface area contributed by atoms with Crippen LogP contribution in [0.2, 0.25) is 0 Å². The van der Waals surface area contributed by atoms with Crippen LogP contribution in [0.5, 0.6) is 0 Å². The van der Waals surface area contributed by atoms with Gasteiger partial charge in [0.1, 0.15) is 29.8 Å². The van der Waals surface area contributed by atoms with Crippen molar-refractivity contribution in [2.45, 2.75) is 148 Å². The number of carbonyl (C=O) groups excluding carboxylic acids is 1. The van der Waals surface area contributed by atoms with Crippen LogP contribution in [0.25, 0.3) is 0 Å². The molecule has 3 saturated heterocycles. The molecule has 0 unspecified atom stereocenters. The molecule has 2 bridgehead atoms. The van der Waals surface area contributed by atoms with E-state index < -0.39 is 41.6 Å². The van der Waals surface area contributed by atoms with Gasteiger partial charge < -0.3 is 33.9 Å². The Morgan fingerprint density at radius 1 is 1.11 bits per heavy atom. The zero-order chi connectivity index (χ0) is 32.0. The Morgan fingerprint density at radius 2 is 1.86 bits per heavy atom. The molecule has 0 aromatic rings. The highest BCUT2D eigenvalue weighted by atomic mass is 16.7. The second kappa shape index (κ2) is 12.8. The van der Waals surface area contributed by atoms with E-state index in [4.69, 9.17) is 23.7 Å². The third kappa shape index (κ3) is 6.67. The molecule has 5 rings (SSSR count). The van der Waals surface area contributed by atoms with Crippen LogP contribution in [0.3, 0.4) is 0 Å². The first-order valence-electron chi connectivity index (χ1n) is 16.6. The number of hydrogen-bond donors (Lipinski definition) is 2. The molecule has 1 aliphatic carbocycles. The highest BCUT2D eigenvalue weighted by Gasteiger charge is 2.60. The number of aliphatic hydroxyl groups excluding tert-OH is 1. The number of allylic oxidation sites excluding steroid dienone is 2. The van der Waals surface area contributed by atoms with E-state index in [-0.39, 0.29) is 36.4 Å². The van der Waals surface area contributed by atoms with Crippen LogP contribution < -0.4 is 0 Å². The second-order valence-electron chi connectivity index (χ2n) is 14.9. The number of ether oxygens (including phenoxy) is 5. The van der Waals surface area contributed by atoms with E-state index in [0.29, 0.717) is 36.3 Å². The van der Waals surface area contributed by atoms with Crippen LogP contribution in [0.4, 0.5) is 0 Å². The lowest BCUT2D eigenvalue weighted by Gasteiger charge is -2.50. The van der Waals surface area contributed by atoms with Gasteiger partial charge in [-0.15, -0.1) is 0 Å². The highest BCUT2D eigenvalue weighted by molar-refractivity contribution is 5.78. The molecule has 0 saturated carbocycles. The average molecular weight is 615 g/mol. The first kappa shape index (κ1) is 33.6. The molecule has 0 radical (unpaired) electrons. The Labute approximate surface area is 263 Å². The van der Waals surface area contributed by atoms with Gasteiger partial charge in [-0.2, -0.15) is 0 Å². The van der Waals surface area contributed by atoms with Crippen LogP contribution >= 0.6 is 0 Å². The molecule has 0 aromatic heterocycles. The molecule has 5 aliphatic rings. The Bertz CT molecular complexity index is 1190. The SMILES string of the molecule is CC[C@H]1O[C@]2(CC[C@@H]1C)C[C@@H]1C[C@@H](C/C=C(\C)[C@H](OC(C)(C)C)[C@@H](C)/C=C/C=C3\CO[C@@H]4[C@H](O)C(C)=C[C@@H](C(=O)O1)[C@]34O)O2. The summed E-state index contributed by atoms with van der Waals surface area (Å²) in [5, 5.41) is 23.2. The van der Waals surface area contributed by atoms with Gasteiger partial charge in [0.25, 0.3) is 0 Å². The minimum atomic E-state index is -1.73. The molecule has 1 spiro atoms. The minimum Gasteiger partial charge on any atom is -0.462 e. The summed E-state index contributed by atoms with van der Waals surface area (Å²) in [5.74, 6) is -1.93. The molecule has 3 fully saturated rings. The summed E-state index contributed by atoms with van der Waals surface area (Å²) in [6.45, 7) is 16.6. The van der Waals surface area contributed by atoms with E-state index in [2.05, 4.69) is 60.6 Å². The topological polar surface area (TPSA) is 104 Å². The molecule has 11 atom stereocenters. The van der Waals surface area contributed by atoms with Crippen LogP contribution in [0, 0.1) is 17.8 Å². The summed E-state index contributed by atoms with van der Waals surface area (Å²) in [7, 11) is 0. The van der Waals surface area contributed by atoms with E-state index >= 15 is 0 Å². The number of hydrogen-bond acceptors (Lipinski definition) is 8. The third-order valence-corrected chi connectivity index (χ3v) is 10.2. The smallest absolute Gasteiger partial charge is 0.316 e. The molecule has 0 aromatic carbocycles. The lowest BCUT2D eigenvalue weighted by atomic mass is 9.71. The molecule has 0 amide bonds. The monoisotopic (exact) mass is 614 g/mol. The lowest BCUT2D eigenvalue weighted by Crippen LogP contribution is -2.58. The van der Waals surface area contributed by atoms with Crippen molar-refractivity contribution in [3.8, 4) is 0 Å². The van der Waals surface area contributed by atoms with Gasteiger partial charge in [-0.1, -0.05) is 51.2 Å². The van der Waals surface area contributed by atoms with E-state index in [9.17, 15) is 15.0 Å². The van der Waals surface area contributed by atoms with Gasteiger partial charge in [0.2, 0.25) is 0 Å². The van der Waals surface area contributed by atoms with E-state index in [1.807, 2.05) is 12.2 Å². The van der Waals surface area contributed by atoms with Crippen molar-refractivity contribution in [3.05, 3.63) is 47.1 Å².